The molecule has 0 bridgehead atoms. The van der Waals surface area contributed by atoms with Gasteiger partial charge in [-0.25, -0.2) is 8.78 Å². The summed E-state index contributed by atoms with van der Waals surface area (Å²) in [6.45, 7) is 1.32. The van der Waals surface area contributed by atoms with Gasteiger partial charge in [-0.15, -0.1) is 0 Å². The van der Waals surface area contributed by atoms with Gasteiger partial charge in [0, 0.05) is 5.69 Å². The van der Waals surface area contributed by atoms with Gasteiger partial charge in [0.05, 0.1) is 5.56 Å². The van der Waals surface area contributed by atoms with Gasteiger partial charge < -0.3 is 10.3 Å². The largest absolute Gasteiger partial charge is 0.341 e. The molecule has 19 heavy (non-hydrogen) atoms. The normalized spacial score (nSPS) is 10.3. The standard InChI is InChI=1S/C13H10F2N2OS/c1-7(18)10-6-11(15)13(19)17-12(10)16-9-4-2-8(14)3-5-9/h2-6H,1H3,(H2,16,17,19). The smallest absolute Gasteiger partial charge is 0.163 e. The number of anilines is 2. The van der Waals surface area contributed by atoms with Gasteiger partial charge in [-0.05, 0) is 37.3 Å². The Balaban J connectivity index is 2.44. The van der Waals surface area contributed by atoms with Crippen molar-refractivity contribution >= 4 is 29.5 Å². The van der Waals surface area contributed by atoms with Crippen molar-refractivity contribution in [1.29, 1.82) is 0 Å². The molecule has 2 aromatic rings. The zero-order chi connectivity index (χ0) is 14.0. The molecule has 0 atom stereocenters. The summed E-state index contributed by atoms with van der Waals surface area (Å²) in [6, 6.07) is 6.62. The summed E-state index contributed by atoms with van der Waals surface area (Å²) in [5.41, 5.74) is 0.705. The summed E-state index contributed by atoms with van der Waals surface area (Å²) >= 11 is 4.78. The van der Waals surface area contributed by atoms with Crippen LogP contribution in [0.1, 0.15) is 17.3 Å². The molecule has 6 heteroatoms. The fourth-order valence-corrected chi connectivity index (χ4v) is 1.72. The number of ketones is 1. The maximum absolute atomic E-state index is 13.3. The van der Waals surface area contributed by atoms with Crippen molar-refractivity contribution < 1.29 is 13.6 Å². The lowest BCUT2D eigenvalue weighted by Gasteiger charge is -2.10. The van der Waals surface area contributed by atoms with E-state index in [9.17, 15) is 13.6 Å². The van der Waals surface area contributed by atoms with Crippen LogP contribution < -0.4 is 5.32 Å². The molecule has 98 valence electrons. The summed E-state index contributed by atoms with van der Waals surface area (Å²) in [5.74, 6) is -1.06. The van der Waals surface area contributed by atoms with Gasteiger partial charge in [-0.3, -0.25) is 4.79 Å². The number of hydrogen-bond acceptors (Lipinski definition) is 3. The minimum Gasteiger partial charge on any atom is -0.341 e. The molecule has 0 radical (unpaired) electrons. The minimum atomic E-state index is -0.662. The zero-order valence-electron chi connectivity index (χ0n) is 9.96. The molecule has 1 aromatic carbocycles. The van der Waals surface area contributed by atoms with E-state index in [4.69, 9.17) is 12.2 Å². The molecule has 2 N–H and O–H groups in total. The average Bonchev–Trinajstić information content (AvgIpc) is 2.36. The van der Waals surface area contributed by atoms with E-state index in [-0.39, 0.29) is 27.6 Å². The van der Waals surface area contributed by atoms with Crippen molar-refractivity contribution in [2.45, 2.75) is 6.92 Å². The first-order chi connectivity index (χ1) is 8.97. The Morgan fingerprint density at radius 2 is 1.89 bits per heavy atom. The Hall–Kier alpha value is -2.08. The molecule has 0 aliphatic heterocycles. The fraction of sp³-hybridized carbons (Fsp3) is 0.0769. The lowest BCUT2D eigenvalue weighted by atomic mass is 10.2. The van der Waals surface area contributed by atoms with Gasteiger partial charge in [-0.1, -0.05) is 12.2 Å². The van der Waals surface area contributed by atoms with Gasteiger partial charge in [0.25, 0.3) is 0 Å². The maximum atomic E-state index is 13.3. The first kappa shape index (κ1) is 13.4. The van der Waals surface area contributed by atoms with Gasteiger partial charge >= 0.3 is 0 Å². The molecule has 1 aromatic heterocycles. The molecular formula is C13H10F2N2OS. The Kier molecular flexibility index (Phi) is 3.71. The van der Waals surface area contributed by atoms with Crippen LogP contribution in [0.2, 0.25) is 0 Å². The molecule has 0 fully saturated rings. The van der Waals surface area contributed by atoms with Crippen molar-refractivity contribution in [3.05, 3.63) is 52.2 Å². The number of hydrogen-bond donors (Lipinski definition) is 2. The maximum Gasteiger partial charge on any atom is 0.163 e. The highest BCUT2D eigenvalue weighted by Gasteiger charge is 2.11. The van der Waals surface area contributed by atoms with Crippen molar-refractivity contribution in [3.8, 4) is 0 Å². The first-order valence-corrected chi connectivity index (χ1v) is 5.84. The number of aromatic nitrogens is 1. The number of H-pyrrole nitrogens is 1. The van der Waals surface area contributed by atoms with E-state index in [1.165, 1.54) is 31.2 Å². The van der Waals surface area contributed by atoms with Gasteiger partial charge in [0.15, 0.2) is 11.6 Å². The van der Waals surface area contributed by atoms with E-state index in [2.05, 4.69) is 10.3 Å². The number of carbonyl (C=O) groups is 1. The van der Waals surface area contributed by atoms with Crippen LogP contribution >= 0.6 is 12.2 Å². The van der Waals surface area contributed by atoms with Crippen LogP contribution in [0.25, 0.3) is 0 Å². The second-order valence-corrected chi connectivity index (χ2v) is 4.33. The predicted molar refractivity (Wildman–Crippen MR) is 71.3 cm³/mol. The highest BCUT2D eigenvalue weighted by atomic mass is 32.1. The van der Waals surface area contributed by atoms with Crippen LogP contribution in [0.3, 0.4) is 0 Å². The van der Waals surface area contributed by atoms with E-state index in [0.717, 1.165) is 6.07 Å². The predicted octanol–water partition coefficient (Wildman–Crippen LogP) is 3.97. The van der Waals surface area contributed by atoms with Crippen LogP contribution in [0.4, 0.5) is 20.3 Å². The van der Waals surface area contributed by atoms with Crippen LogP contribution in [-0.2, 0) is 0 Å². The van der Waals surface area contributed by atoms with Crippen LogP contribution in [0.5, 0.6) is 0 Å². The summed E-state index contributed by atoms with van der Waals surface area (Å²) in [6.07, 6.45) is 0. The molecule has 2 rings (SSSR count). The Morgan fingerprint density at radius 1 is 1.26 bits per heavy atom. The van der Waals surface area contributed by atoms with Crippen molar-refractivity contribution in [3.63, 3.8) is 0 Å². The summed E-state index contributed by atoms with van der Waals surface area (Å²) in [4.78, 5) is 14.1. The second kappa shape index (κ2) is 5.27. The second-order valence-electron chi connectivity index (χ2n) is 3.92. The summed E-state index contributed by atoms with van der Waals surface area (Å²) in [5, 5.41) is 2.87. The summed E-state index contributed by atoms with van der Waals surface area (Å²) in [7, 11) is 0. The molecule has 3 nitrogen and oxygen atoms in total. The van der Waals surface area contributed by atoms with E-state index in [1.54, 1.807) is 0 Å². The zero-order valence-corrected chi connectivity index (χ0v) is 10.8. The van der Waals surface area contributed by atoms with Crippen molar-refractivity contribution in [1.82, 2.24) is 4.98 Å². The van der Waals surface area contributed by atoms with Crippen LogP contribution in [0.15, 0.2) is 30.3 Å². The number of nitrogens with one attached hydrogen (secondary N) is 2. The van der Waals surface area contributed by atoms with Crippen LogP contribution in [-0.4, -0.2) is 10.8 Å². The van der Waals surface area contributed by atoms with E-state index in [0.29, 0.717) is 5.69 Å². The number of carbonyl (C=O) groups excluding carboxylic acids is 1. The van der Waals surface area contributed by atoms with E-state index >= 15 is 0 Å². The molecule has 0 amide bonds. The van der Waals surface area contributed by atoms with Crippen molar-refractivity contribution in [2.75, 3.05) is 5.32 Å². The number of rotatable bonds is 3. The number of Topliss-reactive ketones (excluding diaryl/α,β-unsaturated/α-hetero) is 1. The quantitative estimate of drug-likeness (QED) is 0.660. The molecule has 0 spiro atoms. The number of pyridine rings is 1. The molecule has 0 aliphatic carbocycles. The third kappa shape index (κ3) is 3.03. The topological polar surface area (TPSA) is 44.9 Å². The molecule has 0 unspecified atom stereocenters. The molecule has 0 aliphatic rings. The minimum absolute atomic E-state index is 0.102. The third-order valence-electron chi connectivity index (χ3n) is 2.49. The molecular weight excluding hydrogens is 270 g/mol. The molecule has 0 saturated carbocycles. The molecule has 1 heterocycles. The number of benzene rings is 1. The van der Waals surface area contributed by atoms with Crippen molar-refractivity contribution in [2.24, 2.45) is 0 Å². The Bertz CT molecular complexity index is 680. The number of halogens is 2. The average molecular weight is 280 g/mol. The van der Waals surface area contributed by atoms with E-state index in [1.807, 2.05) is 0 Å². The van der Waals surface area contributed by atoms with E-state index < -0.39 is 5.82 Å². The Labute approximate surface area is 113 Å². The third-order valence-corrected chi connectivity index (χ3v) is 2.79. The van der Waals surface area contributed by atoms with Gasteiger partial charge in [0.2, 0.25) is 0 Å². The SMILES string of the molecule is CC(=O)c1cc(F)c(=S)[nH]c1Nc1ccc(F)cc1. The number of aromatic amines is 1. The fourth-order valence-electron chi connectivity index (χ4n) is 1.56. The Morgan fingerprint density at radius 3 is 2.47 bits per heavy atom. The monoisotopic (exact) mass is 280 g/mol. The first-order valence-electron chi connectivity index (χ1n) is 5.43. The highest BCUT2D eigenvalue weighted by Crippen LogP contribution is 2.20. The lowest BCUT2D eigenvalue weighted by Crippen LogP contribution is -2.04. The van der Waals surface area contributed by atoms with Gasteiger partial charge in [-0.2, -0.15) is 0 Å². The highest BCUT2D eigenvalue weighted by molar-refractivity contribution is 7.71. The summed E-state index contributed by atoms with van der Waals surface area (Å²) < 4.78 is 26.0. The molecule has 0 saturated heterocycles. The lowest BCUT2D eigenvalue weighted by molar-refractivity contribution is 0.101. The van der Waals surface area contributed by atoms with Gasteiger partial charge in [0.1, 0.15) is 16.3 Å². The van der Waals surface area contributed by atoms with Crippen LogP contribution in [0, 0.1) is 16.3 Å².